The maximum Gasteiger partial charge on any atom is 0.233 e. The number of hydrogen-bond donors (Lipinski definition) is 2. The minimum atomic E-state index is -0.807. The number of phenols is 1. The van der Waals surface area contributed by atoms with Gasteiger partial charge in [0, 0.05) is 7.11 Å². The first kappa shape index (κ1) is 20.0. The average Bonchev–Trinajstić information content (AvgIpc) is 2.74. The maximum atomic E-state index is 13.3. The van der Waals surface area contributed by atoms with Gasteiger partial charge in [-0.15, -0.1) is 0 Å². The number of β-lactam (4-membered cyclic amide) rings is 1. The maximum absolute atomic E-state index is 13.3. The number of aliphatic hydroxyl groups excluding tert-OH is 1. The summed E-state index contributed by atoms with van der Waals surface area (Å²) in [6.45, 7) is 0. The van der Waals surface area contributed by atoms with Crippen LogP contribution in [0.15, 0.2) is 72.8 Å². The van der Waals surface area contributed by atoms with Gasteiger partial charge in [-0.3, -0.25) is 4.79 Å². The number of anilines is 1. The van der Waals surface area contributed by atoms with Crippen LogP contribution in [0.1, 0.15) is 37.5 Å². The minimum Gasteiger partial charge on any atom is -0.508 e. The number of carbonyl (C=O) groups is 1. The Morgan fingerprint density at radius 1 is 0.900 bits per heavy atom. The van der Waals surface area contributed by atoms with E-state index in [1.54, 1.807) is 41.3 Å². The molecule has 0 aromatic heterocycles. The quantitative estimate of drug-likeness (QED) is 0.553. The number of aliphatic hydroxyl groups is 1. The zero-order valence-corrected chi connectivity index (χ0v) is 16.1. The number of nitrogens with zero attached hydrogens (tertiary/aromatic N) is 1. The summed E-state index contributed by atoms with van der Waals surface area (Å²) in [6, 6.07) is 17.7. The van der Waals surface area contributed by atoms with E-state index in [2.05, 4.69) is 0 Å². The fraction of sp³-hybridized carbons (Fsp3) is 0.208. The topological polar surface area (TPSA) is 60.8 Å². The molecule has 0 unspecified atom stereocenters. The van der Waals surface area contributed by atoms with Crippen LogP contribution in [0.2, 0.25) is 0 Å². The lowest BCUT2D eigenvalue weighted by Gasteiger charge is -2.48. The highest BCUT2D eigenvalue weighted by Gasteiger charge is 2.48. The predicted octanol–water partition coefficient (Wildman–Crippen LogP) is 5.13. The molecular formula is C24H23F2NO3. The van der Waals surface area contributed by atoms with Crippen LogP contribution in [-0.2, 0) is 4.79 Å². The number of carbonyl (C=O) groups excluding carboxylic acids is 1. The van der Waals surface area contributed by atoms with Crippen LogP contribution in [0, 0.1) is 17.6 Å². The molecule has 0 aliphatic carbocycles. The molecular weight excluding hydrogens is 388 g/mol. The van der Waals surface area contributed by atoms with Gasteiger partial charge >= 0.3 is 0 Å². The van der Waals surface area contributed by atoms with Crippen LogP contribution in [0.3, 0.4) is 0 Å². The fourth-order valence-electron chi connectivity index (χ4n) is 3.96. The van der Waals surface area contributed by atoms with Crippen LogP contribution >= 0.6 is 0 Å². The molecule has 2 N–H and O–H groups in total. The second kappa shape index (κ2) is 8.24. The van der Waals surface area contributed by atoms with E-state index in [0.29, 0.717) is 24.1 Å². The third kappa shape index (κ3) is 3.91. The summed E-state index contributed by atoms with van der Waals surface area (Å²) in [5, 5.41) is 20.1. The Bertz CT molecular complexity index is 1030. The molecule has 6 heteroatoms. The summed E-state index contributed by atoms with van der Waals surface area (Å²) in [5.41, 5.74) is 2.03. The lowest BCUT2D eigenvalue weighted by molar-refractivity contribution is -0.131. The van der Waals surface area contributed by atoms with E-state index in [0.717, 1.165) is 5.56 Å². The Morgan fingerprint density at radius 3 is 2.07 bits per heavy atom. The van der Waals surface area contributed by atoms with Gasteiger partial charge in [-0.05, 0) is 72.5 Å². The standard InChI is InChI=1S/C24H21F2NO3.H2/c25-17-5-1-15(2-6-17)22(29)14-13-21-23(16-3-11-20(28)12-4-16)27(24(21)30)19-9-7-18(26)8-10-19;/h1-12,21-23,28-29H,13-14H2;1H/t21-,22+,23-;/m1./s1. The summed E-state index contributed by atoms with van der Waals surface area (Å²) in [5.74, 6) is -1.10. The first-order chi connectivity index (χ1) is 14.4. The number of rotatable bonds is 6. The Labute approximate surface area is 174 Å². The minimum absolute atomic E-state index is 0. The molecule has 30 heavy (non-hydrogen) atoms. The molecule has 1 aliphatic rings. The molecule has 1 amide bonds. The van der Waals surface area contributed by atoms with Crippen LogP contribution < -0.4 is 4.90 Å². The highest BCUT2D eigenvalue weighted by atomic mass is 19.1. The van der Waals surface area contributed by atoms with Crippen LogP contribution in [0.5, 0.6) is 5.75 Å². The summed E-state index contributed by atoms with van der Waals surface area (Å²) in [7, 11) is 0. The van der Waals surface area contributed by atoms with E-state index in [4.69, 9.17) is 0 Å². The van der Waals surface area contributed by atoms with Crippen LogP contribution in [-0.4, -0.2) is 16.1 Å². The van der Waals surface area contributed by atoms with Crippen molar-refractivity contribution in [2.45, 2.75) is 25.0 Å². The molecule has 4 nitrogen and oxygen atoms in total. The van der Waals surface area contributed by atoms with Gasteiger partial charge in [0.2, 0.25) is 5.91 Å². The molecule has 4 rings (SSSR count). The number of amides is 1. The zero-order chi connectivity index (χ0) is 21.3. The van der Waals surface area contributed by atoms with Crippen LogP contribution in [0.25, 0.3) is 0 Å². The van der Waals surface area contributed by atoms with Crippen molar-refractivity contribution in [3.05, 3.63) is 95.6 Å². The van der Waals surface area contributed by atoms with Crippen molar-refractivity contribution in [2.75, 3.05) is 4.90 Å². The molecule has 3 atom stereocenters. The first-order valence-corrected chi connectivity index (χ1v) is 9.75. The Kier molecular flexibility index (Phi) is 5.50. The SMILES string of the molecule is O=C1[C@H](CC[C@H](O)c2ccc(F)cc2)[C@@H](c2ccc(O)cc2)N1c1ccc(F)cc1.[HH]. The number of benzene rings is 3. The lowest BCUT2D eigenvalue weighted by Crippen LogP contribution is -2.55. The molecule has 0 spiro atoms. The summed E-state index contributed by atoms with van der Waals surface area (Å²) in [4.78, 5) is 14.6. The van der Waals surface area contributed by atoms with Gasteiger partial charge < -0.3 is 15.1 Å². The number of halogens is 2. The van der Waals surface area contributed by atoms with Gasteiger partial charge in [-0.25, -0.2) is 8.78 Å². The van der Waals surface area contributed by atoms with Crippen molar-refractivity contribution >= 4 is 11.6 Å². The summed E-state index contributed by atoms with van der Waals surface area (Å²) < 4.78 is 26.4. The number of phenolic OH excluding ortho intramolecular Hbond substituents is 1. The molecule has 3 aromatic carbocycles. The Balaban J connectivity index is 0.00000272. The highest BCUT2D eigenvalue weighted by Crippen LogP contribution is 2.46. The molecule has 3 aromatic rings. The smallest absolute Gasteiger partial charge is 0.233 e. The molecule has 1 aliphatic heterocycles. The zero-order valence-electron chi connectivity index (χ0n) is 16.1. The predicted molar refractivity (Wildman–Crippen MR) is 111 cm³/mol. The number of aromatic hydroxyl groups is 1. The van der Waals surface area contributed by atoms with E-state index >= 15 is 0 Å². The highest BCUT2D eigenvalue weighted by molar-refractivity contribution is 6.03. The van der Waals surface area contributed by atoms with E-state index < -0.39 is 6.10 Å². The fourth-order valence-corrected chi connectivity index (χ4v) is 3.96. The second-order valence-electron chi connectivity index (χ2n) is 7.47. The van der Waals surface area contributed by atoms with Crippen LogP contribution in [0.4, 0.5) is 14.5 Å². The van der Waals surface area contributed by atoms with Gasteiger partial charge in [0.1, 0.15) is 17.4 Å². The van der Waals surface area contributed by atoms with E-state index in [1.165, 1.54) is 36.4 Å². The molecule has 1 fully saturated rings. The molecule has 0 radical (unpaired) electrons. The first-order valence-electron chi connectivity index (χ1n) is 9.75. The summed E-state index contributed by atoms with van der Waals surface area (Å²) >= 11 is 0. The van der Waals surface area contributed by atoms with Crippen molar-refractivity contribution in [3.8, 4) is 5.75 Å². The van der Waals surface area contributed by atoms with Crippen molar-refractivity contribution in [2.24, 2.45) is 5.92 Å². The third-order valence-corrected chi connectivity index (χ3v) is 5.56. The van der Waals surface area contributed by atoms with Gasteiger partial charge in [-0.1, -0.05) is 24.3 Å². The molecule has 1 heterocycles. The van der Waals surface area contributed by atoms with Crippen molar-refractivity contribution < 1.29 is 25.2 Å². The van der Waals surface area contributed by atoms with Gasteiger partial charge in [-0.2, -0.15) is 0 Å². The van der Waals surface area contributed by atoms with Gasteiger partial charge in [0.25, 0.3) is 0 Å². The molecule has 1 saturated heterocycles. The van der Waals surface area contributed by atoms with Crippen molar-refractivity contribution in [3.63, 3.8) is 0 Å². The lowest BCUT2D eigenvalue weighted by atomic mass is 9.78. The summed E-state index contributed by atoms with van der Waals surface area (Å²) in [6.07, 6.45) is -0.0344. The monoisotopic (exact) mass is 411 g/mol. The van der Waals surface area contributed by atoms with E-state index in [9.17, 15) is 23.8 Å². The van der Waals surface area contributed by atoms with Gasteiger partial charge in [0.05, 0.1) is 18.1 Å². The molecule has 0 saturated carbocycles. The Hall–Kier alpha value is -3.25. The largest absolute Gasteiger partial charge is 0.508 e. The van der Waals surface area contributed by atoms with E-state index in [-0.39, 0.29) is 36.7 Å². The number of hydrogen-bond acceptors (Lipinski definition) is 3. The normalized spacial score (nSPS) is 19.4. The third-order valence-electron chi connectivity index (χ3n) is 5.56. The molecule has 156 valence electrons. The van der Waals surface area contributed by atoms with Gasteiger partial charge in [0.15, 0.2) is 0 Å². The van der Waals surface area contributed by atoms with Crippen molar-refractivity contribution in [1.29, 1.82) is 0 Å². The average molecular weight is 411 g/mol. The second-order valence-corrected chi connectivity index (χ2v) is 7.47. The van der Waals surface area contributed by atoms with Crippen molar-refractivity contribution in [1.82, 2.24) is 0 Å². The molecule has 0 bridgehead atoms. The van der Waals surface area contributed by atoms with E-state index in [1.807, 2.05) is 0 Å². The Morgan fingerprint density at radius 2 is 1.47 bits per heavy atom.